The van der Waals surface area contributed by atoms with Crippen LogP contribution in [0.15, 0.2) is 54.7 Å². The van der Waals surface area contributed by atoms with E-state index in [0.29, 0.717) is 22.5 Å². The van der Waals surface area contributed by atoms with E-state index in [0.717, 1.165) is 0 Å². The molecule has 0 radical (unpaired) electrons. The number of aromatic nitrogens is 2. The molecule has 1 aromatic carbocycles. The highest BCUT2D eigenvalue weighted by Crippen LogP contribution is 2.31. The summed E-state index contributed by atoms with van der Waals surface area (Å²) in [5, 5.41) is 20.3. The number of hydrogen-bond acceptors (Lipinski definition) is 6. The highest BCUT2D eigenvalue weighted by Gasteiger charge is 2.15. The molecule has 24 heavy (non-hydrogen) atoms. The number of nitrogens with two attached hydrogens (primary N) is 1. The summed E-state index contributed by atoms with van der Waals surface area (Å²) in [5.41, 5.74) is 8.18. The fraction of sp³-hybridized carbons (Fsp3) is 0. The van der Waals surface area contributed by atoms with Gasteiger partial charge in [-0.15, -0.1) is 0 Å². The molecule has 2 aromatic heterocycles. The zero-order chi connectivity index (χ0) is 17.1. The molecule has 0 saturated carbocycles. The summed E-state index contributed by atoms with van der Waals surface area (Å²) in [6.45, 7) is 0. The van der Waals surface area contributed by atoms with E-state index >= 15 is 0 Å². The van der Waals surface area contributed by atoms with Crippen molar-refractivity contribution in [2.24, 2.45) is 0 Å². The molecule has 7 nitrogen and oxygen atoms in total. The van der Waals surface area contributed by atoms with E-state index in [-0.39, 0.29) is 17.1 Å². The van der Waals surface area contributed by atoms with Crippen molar-refractivity contribution in [1.82, 2.24) is 9.97 Å². The average Bonchev–Trinajstić information content (AvgIpc) is 2.62. The zero-order valence-electron chi connectivity index (χ0n) is 12.4. The molecule has 0 fully saturated rings. The van der Waals surface area contributed by atoms with E-state index in [1.807, 2.05) is 6.07 Å². The first-order chi connectivity index (χ1) is 11.6. The minimum atomic E-state index is -0.476. The Hall–Kier alpha value is -3.79. The molecule has 0 amide bonds. The van der Waals surface area contributed by atoms with Gasteiger partial charge in [-0.05, 0) is 18.2 Å². The third kappa shape index (κ3) is 2.76. The van der Waals surface area contributed by atoms with E-state index < -0.39 is 4.92 Å². The molecule has 116 valence electrons. The number of nitro groups is 1. The second kappa shape index (κ2) is 6.14. The predicted octanol–water partition coefficient (Wildman–Crippen LogP) is 3.17. The Morgan fingerprint density at radius 1 is 1.12 bits per heavy atom. The van der Waals surface area contributed by atoms with Crippen LogP contribution in [-0.4, -0.2) is 14.9 Å². The van der Waals surface area contributed by atoms with Gasteiger partial charge in [0.1, 0.15) is 17.5 Å². The number of rotatable bonds is 3. The molecule has 0 aliphatic heterocycles. The minimum absolute atomic E-state index is 0.0448. The van der Waals surface area contributed by atoms with E-state index in [4.69, 9.17) is 5.73 Å². The second-order valence-electron chi connectivity index (χ2n) is 4.95. The van der Waals surface area contributed by atoms with Crippen LogP contribution in [0.4, 0.5) is 11.5 Å². The number of benzene rings is 1. The minimum Gasteiger partial charge on any atom is -0.383 e. The Bertz CT molecular complexity index is 964. The summed E-state index contributed by atoms with van der Waals surface area (Å²) in [4.78, 5) is 18.9. The summed E-state index contributed by atoms with van der Waals surface area (Å²) in [6, 6.07) is 15.1. The molecule has 3 aromatic rings. The van der Waals surface area contributed by atoms with Crippen molar-refractivity contribution in [3.63, 3.8) is 0 Å². The monoisotopic (exact) mass is 317 g/mol. The fourth-order valence-corrected chi connectivity index (χ4v) is 2.33. The lowest BCUT2D eigenvalue weighted by Gasteiger charge is -2.09. The maximum Gasteiger partial charge on any atom is 0.270 e. The number of nitriles is 1. The Morgan fingerprint density at radius 2 is 1.96 bits per heavy atom. The molecule has 2 heterocycles. The topological polar surface area (TPSA) is 119 Å². The van der Waals surface area contributed by atoms with E-state index in [1.165, 1.54) is 12.1 Å². The Morgan fingerprint density at radius 3 is 2.62 bits per heavy atom. The van der Waals surface area contributed by atoms with Crippen molar-refractivity contribution in [2.45, 2.75) is 0 Å². The summed E-state index contributed by atoms with van der Waals surface area (Å²) >= 11 is 0. The maximum absolute atomic E-state index is 10.9. The molecule has 7 heteroatoms. The van der Waals surface area contributed by atoms with Crippen LogP contribution in [0.3, 0.4) is 0 Å². The normalized spacial score (nSPS) is 10.1. The fourth-order valence-electron chi connectivity index (χ4n) is 2.33. The van der Waals surface area contributed by atoms with Gasteiger partial charge in [-0.2, -0.15) is 5.26 Å². The molecule has 2 N–H and O–H groups in total. The number of pyridine rings is 2. The van der Waals surface area contributed by atoms with E-state index in [2.05, 4.69) is 9.97 Å². The van der Waals surface area contributed by atoms with Gasteiger partial charge in [0.05, 0.1) is 16.3 Å². The van der Waals surface area contributed by atoms with Gasteiger partial charge in [0.15, 0.2) is 0 Å². The third-order valence-corrected chi connectivity index (χ3v) is 3.45. The zero-order valence-corrected chi connectivity index (χ0v) is 12.4. The molecule has 0 aliphatic rings. The van der Waals surface area contributed by atoms with Crippen LogP contribution < -0.4 is 5.73 Å². The van der Waals surface area contributed by atoms with Crippen molar-refractivity contribution in [3.05, 3.63) is 70.4 Å². The summed E-state index contributed by atoms with van der Waals surface area (Å²) in [6.07, 6.45) is 1.61. The SMILES string of the molecule is N#Cc1c(-c2ccccn2)cc(-c2cccc([N+](=O)[O-])c2)nc1N. The van der Waals surface area contributed by atoms with Crippen LogP contribution in [0.1, 0.15) is 5.56 Å². The molecular weight excluding hydrogens is 306 g/mol. The lowest BCUT2D eigenvalue weighted by Crippen LogP contribution is -2.00. The number of non-ortho nitro benzene ring substituents is 1. The number of nitro benzene ring substituents is 1. The van der Waals surface area contributed by atoms with E-state index in [1.54, 1.807) is 42.6 Å². The Kier molecular flexibility index (Phi) is 3.87. The Labute approximate surface area is 137 Å². The van der Waals surface area contributed by atoms with Crippen molar-refractivity contribution < 1.29 is 4.92 Å². The van der Waals surface area contributed by atoms with Crippen molar-refractivity contribution in [3.8, 4) is 28.6 Å². The standard InChI is InChI=1S/C17H11N5O2/c18-10-14-13(15-6-1-2-7-20-15)9-16(21-17(14)19)11-4-3-5-12(8-11)22(23)24/h1-9H,(H2,19,21). The summed E-state index contributed by atoms with van der Waals surface area (Å²) in [5.74, 6) is 0.0576. The first-order valence-electron chi connectivity index (χ1n) is 6.97. The van der Waals surface area contributed by atoms with Gasteiger partial charge < -0.3 is 5.73 Å². The highest BCUT2D eigenvalue weighted by molar-refractivity contribution is 5.78. The number of nitrogens with zero attached hydrogens (tertiary/aromatic N) is 4. The van der Waals surface area contributed by atoms with Crippen molar-refractivity contribution >= 4 is 11.5 Å². The van der Waals surface area contributed by atoms with Gasteiger partial charge in [0.2, 0.25) is 0 Å². The van der Waals surface area contributed by atoms with Crippen LogP contribution in [0, 0.1) is 21.4 Å². The first-order valence-corrected chi connectivity index (χ1v) is 6.97. The average molecular weight is 317 g/mol. The lowest BCUT2D eigenvalue weighted by molar-refractivity contribution is -0.384. The first kappa shape index (κ1) is 15.1. The predicted molar refractivity (Wildman–Crippen MR) is 88.7 cm³/mol. The second-order valence-corrected chi connectivity index (χ2v) is 4.95. The molecule has 0 aliphatic carbocycles. The quantitative estimate of drug-likeness (QED) is 0.585. The largest absolute Gasteiger partial charge is 0.383 e. The molecule has 0 bridgehead atoms. The van der Waals surface area contributed by atoms with Gasteiger partial charge in [0, 0.05) is 29.5 Å². The van der Waals surface area contributed by atoms with Crippen LogP contribution in [0.25, 0.3) is 22.5 Å². The highest BCUT2D eigenvalue weighted by atomic mass is 16.6. The summed E-state index contributed by atoms with van der Waals surface area (Å²) in [7, 11) is 0. The molecule has 0 atom stereocenters. The maximum atomic E-state index is 10.9. The van der Waals surface area contributed by atoms with Gasteiger partial charge in [-0.25, -0.2) is 4.98 Å². The number of hydrogen-bond donors (Lipinski definition) is 1. The van der Waals surface area contributed by atoms with Crippen molar-refractivity contribution in [1.29, 1.82) is 5.26 Å². The van der Waals surface area contributed by atoms with Gasteiger partial charge in [0.25, 0.3) is 5.69 Å². The third-order valence-electron chi connectivity index (χ3n) is 3.45. The molecule has 3 rings (SSSR count). The molecule has 0 saturated heterocycles. The van der Waals surface area contributed by atoms with Crippen LogP contribution in [0.5, 0.6) is 0 Å². The molecule has 0 spiro atoms. The number of anilines is 1. The lowest BCUT2D eigenvalue weighted by atomic mass is 10.0. The molecule has 0 unspecified atom stereocenters. The smallest absolute Gasteiger partial charge is 0.270 e. The van der Waals surface area contributed by atoms with Crippen molar-refractivity contribution in [2.75, 3.05) is 5.73 Å². The van der Waals surface area contributed by atoms with E-state index in [9.17, 15) is 15.4 Å². The van der Waals surface area contributed by atoms with Gasteiger partial charge in [-0.3, -0.25) is 15.1 Å². The van der Waals surface area contributed by atoms with Crippen LogP contribution in [0.2, 0.25) is 0 Å². The van der Waals surface area contributed by atoms with Gasteiger partial charge in [-0.1, -0.05) is 18.2 Å². The number of nitrogen functional groups attached to an aromatic ring is 1. The van der Waals surface area contributed by atoms with Gasteiger partial charge >= 0.3 is 0 Å². The Balaban J connectivity index is 2.21. The molecular formula is C17H11N5O2. The van der Waals surface area contributed by atoms with Crippen LogP contribution in [-0.2, 0) is 0 Å². The van der Waals surface area contributed by atoms with Crippen LogP contribution >= 0.6 is 0 Å². The summed E-state index contributed by atoms with van der Waals surface area (Å²) < 4.78 is 0.